The largest absolute Gasteiger partial charge is 0.421 e. The lowest BCUT2D eigenvalue weighted by molar-refractivity contribution is -0.137. The number of rotatable bonds is 7. The molecule has 4 nitrogen and oxygen atoms in total. The number of hydrogen-bond acceptors (Lipinski definition) is 4. The molecule has 1 aromatic heterocycles. The minimum Gasteiger partial charge on any atom is -0.340 e. The van der Waals surface area contributed by atoms with Crippen LogP contribution in [0.15, 0.2) is 54.7 Å². The topological polar surface area (TPSA) is 41.1 Å². The second kappa shape index (κ2) is 9.37. The van der Waals surface area contributed by atoms with Gasteiger partial charge in [0.2, 0.25) is 5.95 Å². The summed E-state index contributed by atoms with van der Waals surface area (Å²) in [6.07, 6.45) is -1.72. The van der Waals surface area contributed by atoms with Gasteiger partial charge in [0, 0.05) is 24.6 Å². The molecule has 2 aromatic carbocycles. The van der Waals surface area contributed by atoms with Crippen molar-refractivity contribution in [2.45, 2.75) is 45.7 Å². The summed E-state index contributed by atoms with van der Waals surface area (Å²) in [4.78, 5) is 9.85. The Labute approximate surface area is 181 Å². The molecule has 3 aromatic rings. The molecule has 1 N–H and O–H groups in total. The first-order chi connectivity index (χ1) is 14.7. The highest BCUT2D eigenvalue weighted by molar-refractivity contribution is 5.64. The third kappa shape index (κ3) is 5.54. The number of nitrogens with one attached hydrogen (secondary N) is 1. The highest BCUT2D eigenvalue weighted by Gasteiger charge is 2.35. The smallest absolute Gasteiger partial charge is 0.340 e. The van der Waals surface area contributed by atoms with Gasteiger partial charge in [-0.1, -0.05) is 51.5 Å². The summed E-state index contributed by atoms with van der Waals surface area (Å²) < 4.78 is 40.7. The van der Waals surface area contributed by atoms with Crippen molar-refractivity contribution in [1.29, 1.82) is 0 Å². The average molecular weight is 429 g/mol. The van der Waals surface area contributed by atoms with E-state index in [0.717, 1.165) is 30.3 Å². The molecule has 0 saturated heterocycles. The number of anilines is 4. The highest BCUT2D eigenvalue weighted by atomic mass is 19.4. The van der Waals surface area contributed by atoms with Crippen molar-refractivity contribution in [2.75, 3.05) is 17.3 Å². The van der Waals surface area contributed by atoms with Crippen molar-refractivity contribution in [2.24, 2.45) is 0 Å². The monoisotopic (exact) mass is 428 g/mol. The van der Waals surface area contributed by atoms with Crippen LogP contribution < -0.4 is 10.2 Å². The molecule has 0 bridgehead atoms. The molecule has 0 atom stereocenters. The van der Waals surface area contributed by atoms with E-state index in [4.69, 9.17) is 0 Å². The Balaban J connectivity index is 1.92. The van der Waals surface area contributed by atoms with Crippen molar-refractivity contribution in [3.63, 3.8) is 0 Å². The number of halogens is 3. The molecule has 0 radical (unpaired) electrons. The first-order valence-corrected chi connectivity index (χ1v) is 10.3. The van der Waals surface area contributed by atoms with Crippen molar-refractivity contribution >= 4 is 23.1 Å². The summed E-state index contributed by atoms with van der Waals surface area (Å²) in [6.45, 7) is 6.23. The molecule has 0 saturated carbocycles. The fraction of sp³-hybridized carbons (Fsp3) is 0.333. The quantitative estimate of drug-likeness (QED) is 0.436. The predicted octanol–water partition coefficient (Wildman–Crippen LogP) is 7.08. The molecule has 3 rings (SSSR count). The van der Waals surface area contributed by atoms with Crippen molar-refractivity contribution in [1.82, 2.24) is 9.97 Å². The molecule has 0 aliphatic heterocycles. The van der Waals surface area contributed by atoms with Gasteiger partial charge in [0.15, 0.2) is 0 Å². The Morgan fingerprint density at radius 3 is 2.19 bits per heavy atom. The van der Waals surface area contributed by atoms with Gasteiger partial charge in [-0.3, -0.25) is 0 Å². The number of benzene rings is 2. The lowest BCUT2D eigenvalue weighted by Gasteiger charge is -2.20. The summed E-state index contributed by atoms with van der Waals surface area (Å²) in [7, 11) is 1.73. The molecule has 0 unspecified atom stereocenters. The molecular weight excluding hydrogens is 401 g/mol. The Morgan fingerprint density at radius 1 is 1.00 bits per heavy atom. The standard InChI is InChI=1S/C24H27F3N4/c1-5-6-17-7-13-20(14-8-17)31(4)23-28-15-21(24(25,26)27)22(30-23)29-19-11-9-18(10-12-19)16(2)3/h7-16H,5-6H2,1-4H3,(H,28,29,30). The fourth-order valence-corrected chi connectivity index (χ4v) is 3.22. The first-order valence-electron chi connectivity index (χ1n) is 10.3. The maximum absolute atomic E-state index is 13.6. The molecule has 0 amide bonds. The first kappa shape index (κ1) is 22.6. The van der Waals surface area contributed by atoms with E-state index in [1.165, 1.54) is 5.56 Å². The normalized spacial score (nSPS) is 11.6. The number of aryl methyl sites for hydroxylation is 1. The number of aromatic nitrogens is 2. The van der Waals surface area contributed by atoms with E-state index in [1.54, 1.807) is 24.1 Å². The fourth-order valence-electron chi connectivity index (χ4n) is 3.22. The van der Waals surface area contributed by atoms with Crippen LogP contribution in [0, 0.1) is 0 Å². The van der Waals surface area contributed by atoms with Crippen molar-refractivity contribution in [3.05, 3.63) is 71.4 Å². The summed E-state index contributed by atoms with van der Waals surface area (Å²) in [5, 5.41) is 2.82. The lowest BCUT2D eigenvalue weighted by atomic mass is 10.0. The molecule has 1 heterocycles. The van der Waals surface area contributed by atoms with Gasteiger partial charge in [0.1, 0.15) is 11.4 Å². The van der Waals surface area contributed by atoms with Crippen LogP contribution in [0.2, 0.25) is 0 Å². The SMILES string of the molecule is CCCc1ccc(N(C)c2ncc(C(F)(F)F)c(Nc3ccc(C(C)C)cc3)n2)cc1. The van der Waals surface area contributed by atoms with Crippen LogP contribution in [0.1, 0.15) is 49.8 Å². The van der Waals surface area contributed by atoms with Gasteiger partial charge in [0.25, 0.3) is 0 Å². The summed E-state index contributed by atoms with van der Waals surface area (Å²) >= 11 is 0. The Morgan fingerprint density at radius 2 is 1.65 bits per heavy atom. The second-order valence-corrected chi connectivity index (χ2v) is 7.81. The third-order valence-electron chi connectivity index (χ3n) is 5.08. The Bertz CT molecular complexity index is 997. The van der Waals surface area contributed by atoms with Crippen LogP contribution in [-0.4, -0.2) is 17.0 Å². The molecule has 0 aliphatic carbocycles. The molecule has 31 heavy (non-hydrogen) atoms. The van der Waals surface area contributed by atoms with E-state index in [-0.39, 0.29) is 11.8 Å². The van der Waals surface area contributed by atoms with E-state index in [2.05, 4.69) is 36.1 Å². The van der Waals surface area contributed by atoms with Gasteiger partial charge in [-0.15, -0.1) is 0 Å². The average Bonchev–Trinajstić information content (AvgIpc) is 2.73. The second-order valence-electron chi connectivity index (χ2n) is 7.81. The van der Waals surface area contributed by atoms with Gasteiger partial charge in [-0.2, -0.15) is 18.2 Å². The van der Waals surface area contributed by atoms with Crippen LogP contribution in [0.3, 0.4) is 0 Å². The maximum atomic E-state index is 13.6. The van der Waals surface area contributed by atoms with Crippen LogP contribution in [0.25, 0.3) is 0 Å². The van der Waals surface area contributed by atoms with E-state index in [9.17, 15) is 13.2 Å². The zero-order chi connectivity index (χ0) is 22.6. The van der Waals surface area contributed by atoms with Crippen LogP contribution in [-0.2, 0) is 12.6 Å². The highest BCUT2D eigenvalue weighted by Crippen LogP contribution is 2.36. The molecular formula is C24H27F3N4. The van der Waals surface area contributed by atoms with Gasteiger partial charge >= 0.3 is 6.18 Å². The third-order valence-corrected chi connectivity index (χ3v) is 5.08. The zero-order valence-corrected chi connectivity index (χ0v) is 18.2. The van der Waals surface area contributed by atoms with Gasteiger partial charge < -0.3 is 10.2 Å². The van der Waals surface area contributed by atoms with Gasteiger partial charge in [0.05, 0.1) is 0 Å². The van der Waals surface area contributed by atoms with Crippen molar-refractivity contribution < 1.29 is 13.2 Å². The van der Waals surface area contributed by atoms with Gasteiger partial charge in [-0.05, 0) is 47.7 Å². The molecule has 164 valence electrons. The molecule has 0 aliphatic rings. The van der Waals surface area contributed by atoms with Crippen LogP contribution >= 0.6 is 0 Å². The number of hydrogen-bond donors (Lipinski definition) is 1. The minimum absolute atomic E-state index is 0.178. The molecule has 7 heteroatoms. The van der Waals surface area contributed by atoms with E-state index in [1.807, 2.05) is 36.4 Å². The van der Waals surface area contributed by atoms with Crippen LogP contribution in [0.4, 0.5) is 36.3 Å². The summed E-state index contributed by atoms with van der Waals surface area (Å²) in [5.41, 5.74) is 2.74. The zero-order valence-electron chi connectivity index (χ0n) is 18.2. The molecule has 0 fully saturated rings. The van der Waals surface area contributed by atoms with E-state index >= 15 is 0 Å². The Hall–Kier alpha value is -3.09. The molecule has 0 spiro atoms. The summed E-state index contributed by atoms with van der Waals surface area (Å²) in [5.74, 6) is 0.240. The lowest BCUT2D eigenvalue weighted by Crippen LogP contribution is -2.17. The van der Waals surface area contributed by atoms with E-state index < -0.39 is 11.7 Å². The van der Waals surface area contributed by atoms with Gasteiger partial charge in [-0.25, -0.2) is 4.98 Å². The van der Waals surface area contributed by atoms with Crippen LogP contribution in [0.5, 0.6) is 0 Å². The minimum atomic E-state index is -4.57. The number of nitrogens with zero attached hydrogens (tertiary/aromatic N) is 3. The van der Waals surface area contributed by atoms with E-state index in [0.29, 0.717) is 11.6 Å². The van der Waals surface area contributed by atoms with Crippen molar-refractivity contribution in [3.8, 4) is 0 Å². The number of alkyl halides is 3. The Kier molecular flexibility index (Phi) is 6.83. The maximum Gasteiger partial charge on any atom is 0.421 e. The predicted molar refractivity (Wildman–Crippen MR) is 119 cm³/mol. The summed E-state index contributed by atoms with van der Waals surface area (Å²) in [6, 6.07) is 15.2.